The topological polar surface area (TPSA) is 90.3 Å². The van der Waals surface area contributed by atoms with E-state index in [4.69, 9.17) is 0 Å². The second-order valence-electron chi connectivity index (χ2n) is 5.25. The smallest absolute Gasteiger partial charge is 0.349 e. The van der Waals surface area contributed by atoms with Crippen LogP contribution in [0.15, 0.2) is 22.5 Å². The molecule has 0 saturated heterocycles. The molecule has 2 rings (SSSR count). The molecule has 0 amide bonds. The van der Waals surface area contributed by atoms with Crippen molar-refractivity contribution in [3.05, 3.63) is 33.8 Å². The normalized spacial score (nSPS) is 13.0. The van der Waals surface area contributed by atoms with Crippen LogP contribution in [0.2, 0.25) is 0 Å². The summed E-state index contributed by atoms with van der Waals surface area (Å²) in [7, 11) is -0.755. The van der Waals surface area contributed by atoms with Crippen LogP contribution in [0, 0.1) is 6.92 Å². The van der Waals surface area contributed by atoms with Gasteiger partial charge in [0.15, 0.2) is 0 Å². The van der Waals surface area contributed by atoms with Crippen molar-refractivity contribution in [3.63, 3.8) is 0 Å². The summed E-state index contributed by atoms with van der Waals surface area (Å²) in [5.74, 6) is -0.656. The van der Waals surface area contributed by atoms with Crippen LogP contribution in [0.1, 0.15) is 27.9 Å². The molecule has 2 aromatic heterocycles. The number of hydrogen-bond donors (Lipinski definition) is 1. The lowest BCUT2D eigenvalue weighted by atomic mass is 10.1. The highest BCUT2D eigenvalue weighted by Gasteiger charge is 2.26. The summed E-state index contributed by atoms with van der Waals surface area (Å²) in [5.41, 5.74) is 1.84. The average Bonchev–Trinajstić information content (AvgIpc) is 3.05. The van der Waals surface area contributed by atoms with Crippen molar-refractivity contribution >= 4 is 27.3 Å². The quantitative estimate of drug-likeness (QED) is 0.791. The molecule has 0 aliphatic carbocycles. The molecule has 9 heteroatoms. The summed E-state index contributed by atoms with van der Waals surface area (Å²) < 4.78 is 33.9. The van der Waals surface area contributed by atoms with Gasteiger partial charge in [0, 0.05) is 19.3 Å². The number of ether oxygens (including phenoxy) is 1. The summed E-state index contributed by atoms with van der Waals surface area (Å²) in [5, 5.41) is 5.79. The third-order valence-corrected chi connectivity index (χ3v) is 5.94. The molecule has 2 heterocycles. The Hall–Kier alpha value is -1.71. The lowest BCUT2D eigenvalue weighted by Crippen LogP contribution is -2.34. The Morgan fingerprint density at radius 2 is 2.22 bits per heavy atom. The Morgan fingerprint density at radius 1 is 1.52 bits per heavy atom. The van der Waals surface area contributed by atoms with E-state index in [-0.39, 0.29) is 15.8 Å². The molecule has 0 fully saturated rings. The van der Waals surface area contributed by atoms with Gasteiger partial charge < -0.3 is 4.74 Å². The predicted molar refractivity (Wildman–Crippen MR) is 87.1 cm³/mol. The first-order valence-corrected chi connectivity index (χ1v) is 9.28. The molecule has 0 aliphatic heterocycles. The van der Waals surface area contributed by atoms with Gasteiger partial charge >= 0.3 is 5.97 Å². The number of carbonyl (C=O) groups is 1. The van der Waals surface area contributed by atoms with Crippen molar-refractivity contribution in [1.29, 1.82) is 0 Å². The zero-order chi connectivity index (χ0) is 17.2. The number of carbonyl (C=O) groups excluding carboxylic acids is 1. The number of thiophene rings is 1. The van der Waals surface area contributed by atoms with E-state index in [1.54, 1.807) is 17.0 Å². The van der Waals surface area contributed by atoms with Crippen molar-refractivity contribution in [2.45, 2.75) is 31.2 Å². The molecule has 0 unspecified atom stereocenters. The van der Waals surface area contributed by atoms with E-state index in [0.29, 0.717) is 6.42 Å². The maximum atomic E-state index is 12.5. The van der Waals surface area contributed by atoms with E-state index >= 15 is 0 Å². The van der Waals surface area contributed by atoms with Gasteiger partial charge in [0.05, 0.1) is 12.8 Å². The molecule has 7 nitrogen and oxygen atoms in total. The molecule has 0 aliphatic rings. The molecule has 0 saturated carbocycles. The largest absolute Gasteiger partial charge is 0.465 e. The van der Waals surface area contributed by atoms with Gasteiger partial charge in [-0.2, -0.15) is 5.10 Å². The fourth-order valence-corrected chi connectivity index (χ4v) is 4.88. The van der Waals surface area contributed by atoms with Crippen LogP contribution >= 0.6 is 11.3 Å². The average molecular weight is 357 g/mol. The first-order valence-electron chi connectivity index (χ1n) is 6.92. The van der Waals surface area contributed by atoms with Gasteiger partial charge in [0.1, 0.15) is 9.77 Å². The molecule has 0 spiro atoms. The number of aryl methyl sites for hydroxylation is 2. The number of nitrogens with one attached hydrogen (secondary N) is 1. The minimum Gasteiger partial charge on any atom is -0.465 e. The van der Waals surface area contributed by atoms with Crippen LogP contribution in [0.25, 0.3) is 0 Å². The SMILES string of the molecule is COC(=O)c1sccc1S(=O)(=O)N[C@H](C)Cc1cn(C)nc1C. The van der Waals surface area contributed by atoms with Crippen molar-refractivity contribution in [3.8, 4) is 0 Å². The molecule has 0 radical (unpaired) electrons. The molecular weight excluding hydrogens is 338 g/mol. The number of methoxy groups -OCH3 is 1. The molecular formula is C14H19N3O4S2. The molecule has 126 valence electrons. The van der Waals surface area contributed by atoms with Crippen LogP contribution < -0.4 is 4.72 Å². The van der Waals surface area contributed by atoms with Gasteiger partial charge in [-0.05, 0) is 37.3 Å². The van der Waals surface area contributed by atoms with Gasteiger partial charge in [0.2, 0.25) is 10.0 Å². The molecule has 23 heavy (non-hydrogen) atoms. The van der Waals surface area contributed by atoms with E-state index in [1.165, 1.54) is 13.2 Å². The van der Waals surface area contributed by atoms with Gasteiger partial charge in [-0.3, -0.25) is 4.68 Å². The van der Waals surface area contributed by atoms with Crippen molar-refractivity contribution in [2.75, 3.05) is 7.11 Å². The van der Waals surface area contributed by atoms with E-state index in [1.807, 2.05) is 20.2 Å². The van der Waals surface area contributed by atoms with Crippen LogP contribution in [0.4, 0.5) is 0 Å². The fourth-order valence-electron chi connectivity index (χ4n) is 2.30. The van der Waals surface area contributed by atoms with Crippen LogP contribution in [-0.4, -0.2) is 37.3 Å². The highest BCUT2D eigenvalue weighted by atomic mass is 32.2. The summed E-state index contributed by atoms with van der Waals surface area (Å²) in [6.45, 7) is 3.65. The Kier molecular flexibility index (Phi) is 5.23. The highest BCUT2D eigenvalue weighted by molar-refractivity contribution is 7.89. The predicted octanol–water partition coefficient (Wildman–Crippen LogP) is 1.49. The number of hydrogen-bond acceptors (Lipinski definition) is 6. The van der Waals surface area contributed by atoms with E-state index in [9.17, 15) is 13.2 Å². The van der Waals surface area contributed by atoms with Gasteiger partial charge in [-0.1, -0.05) is 0 Å². The molecule has 1 atom stereocenters. The molecule has 2 aromatic rings. The summed E-state index contributed by atoms with van der Waals surface area (Å²) in [4.78, 5) is 11.7. The van der Waals surface area contributed by atoms with Crippen molar-refractivity contribution in [2.24, 2.45) is 7.05 Å². The van der Waals surface area contributed by atoms with Crippen molar-refractivity contribution in [1.82, 2.24) is 14.5 Å². The van der Waals surface area contributed by atoms with E-state index in [0.717, 1.165) is 22.6 Å². The fraction of sp³-hybridized carbons (Fsp3) is 0.429. The lowest BCUT2D eigenvalue weighted by Gasteiger charge is -2.14. The molecule has 0 bridgehead atoms. The Bertz CT molecular complexity index is 808. The first kappa shape index (κ1) is 17.6. The Morgan fingerprint density at radius 3 is 2.78 bits per heavy atom. The zero-order valence-corrected chi connectivity index (χ0v) is 15.0. The number of rotatable bonds is 6. The Labute approximate surface area is 139 Å². The van der Waals surface area contributed by atoms with Gasteiger partial charge in [-0.25, -0.2) is 17.9 Å². The zero-order valence-electron chi connectivity index (χ0n) is 13.4. The second kappa shape index (κ2) is 6.81. The van der Waals surface area contributed by atoms with Gasteiger partial charge in [-0.15, -0.1) is 11.3 Å². The minimum absolute atomic E-state index is 0.0518. The standard InChI is InChI=1S/C14H19N3O4S2/c1-9(7-11-8-17(3)15-10(11)2)16-23(19,20)12-5-6-22-13(12)14(18)21-4/h5-6,8-9,16H,7H2,1-4H3/t9-/m1/s1. The third kappa shape index (κ3) is 3.98. The maximum Gasteiger partial charge on any atom is 0.349 e. The van der Waals surface area contributed by atoms with Crippen molar-refractivity contribution < 1.29 is 17.9 Å². The first-order chi connectivity index (χ1) is 10.7. The summed E-state index contributed by atoms with van der Waals surface area (Å²) >= 11 is 1.04. The summed E-state index contributed by atoms with van der Waals surface area (Å²) in [6, 6.07) is 1.06. The third-order valence-electron chi connectivity index (χ3n) is 3.29. The molecule has 1 N–H and O–H groups in total. The number of nitrogens with zero attached hydrogens (tertiary/aromatic N) is 2. The van der Waals surface area contributed by atoms with E-state index in [2.05, 4.69) is 14.6 Å². The number of esters is 1. The monoisotopic (exact) mass is 357 g/mol. The lowest BCUT2D eigenvalue weighted by molar-refractivity contribution is 0.0602. The number of aromatic nitrogens is 2. The summed E-state index contributed by atoms with van der Waals surface area (Å²) in [6.07, 6.45) is 2.38. The van der Waals surface area contributed by atoms with Crippen LogP contribution in [-0.2, 0) is 28.2 Å². The maximum absolute atomic E-state index is 12.5. The number of sulfonamides is 1. The van der Waals surface area contributed by atoms with E-state index < -0.39 is 16.0 Å². The minimum atomic E-state index is -3.80. The second-order valence-corrected chi connectivity index (χ2v) is 7.84. The Balaban J connectivity index is 2.16. The van der Waals surface area contributed by atoms with Gasteiger partial charge in [0.25, 0.3) is 0 Å². The van der Waals surface area contributed by atoms with Crippen LogP contribution in [0.3, 0.4) is 0 Å². The molecule has 0 aromatic carbocycles. The highest BCUT2D eigenvalue weighted by Crippen LogP contribution is 2.23. The van der Waals surface area contributed by atoms with Crippen LogP contribution in [0.5, 0.6) is 0 Å².